The molecule has 9 atom stereocenters. The van der Waals surface area contributed by atoms with E-state index in [2.05, 4.69) is 6.92 Å². The first-order valence-corrected chi connectivity index (χ1v) is 11.1. The fraction of sp³-hybridized carbons (Fsp3) is 0.750. The van der Waals surface area contributed by atoms with Gasteiger partial charge in [0, 0.05) is 10.8 Å². The van der Waals surface area contributed by atoms with Crippen LogP contribution < -0.4 is 0 Å². The second-order valence-corrected chi connectivity index (χ2v) is 11.1. The monoisotopic (exact) mass is 416 g/mol. The zero-order valence-electron chi connectivity index (χ0n) is 18.2. The molecule has 0 aromatic rings. The first-order valence-electron chi connectivity index (χ1n) is 11.1. The van der Waals surface area contributed by atoms with Crippen LogP contribution in [0.25, 0.3) is 0 Å². The molecule has 5 nitrogen and oxygen atoms in total. The molecular weight excluding hydrogens is 387 g/mol. The maximum Gasteiger partial charge on any atom is 0.178 e. The molecular formula is C24H29FO5. The van der Waals surface area contributed by atoms with Crippen LogP contribution in [-0.4, -0.2) is 46.9 Å². The average Bonchev–Trinajstić information content (AvgIpc) is 3.22. The smallest absolute Gasteiger partial charge is 0.178 e. The highest BCUT2D eigenvalue weighted by atomic mass is 19.1. The molecule has 0 aromatic carbocycles. The summed E-state index contributed by atoms with van der Waals surface area (Å²) in [5.41, 5.74) is -2.13. The molecule has 162 valence electrons. The van der Waals surface area contributed by atoms with Crippen molar-refractivity contribution in [1.29, 1.82) is 0 Å². The van der Waals surface area contributed by atoms with Gasteiger partial charge in [-0.15, -0.1) is 0 Å². The summed E-state index contributed by atoms with van der Waals surface area (Å²) < 4.78 is 34.6. The second kappa shape index (κ2) is 5.16. The van der Waals surface area contributed by atoms with E-state index in [1.807, 2.05) is 26.8 Å². The zero-order valence-corrected chi connectivity index (χ0v) is 18.2. The highest BCUT2D eigenvalue weighted by molar-refractivity contribution is 6.01. The Kier molecular flexibility index (Phi) is 3.32. The normalized spacial score (nSPS) is 56.9. The molecule has 0 N–H and O–H groups in total. The molecule has 4 aliphatic carbocycles. The number of hydrogen-bond acceptors (Lipinski definition) is 5. The van der Waals surface area contributed by atoms with Gasteiger partial charge < -0.3 is 14.2 Å². The fourth-order valence-electron chi connectivity index (χ4n) is 8.38. The Labute approximate surface area is 176 Å². The summed E-state index contributed by atoms with van der Waals surface area (Å²) >= 11 is 0. The number of alkyl halides is 1. The zero-order chi connectivity index (χ0) is 21.5. The molecule has 6 rings (SSSR count). The van der Waals surface area contributed by atoms with E-state index in [1.165, 1.54) is 6.08 Å². The maximum absolute atomic E-state index is 15.5. The van der Waals surface area contributed by atoms with Crippen LogP contribution in [-0.2, 0) is 23.8 Å². The predicted molar refractivity (Wildman–Crippen MR) is 105 cm³/mol. The van der Waals surface area contributed by atoms with E-state index in [4.69, 9.17) is 14.2 Å². The third-order valence-electron chi connectivity index (χ3n) is 9.44. The highest BCUT2D eigenvalue weighted by Crippen LogP contribution is 2.77. The Morgan fingerprint density at radius 2 is 1.83 bits per heavy atom. The van der Waals surface area contributed by atoms with Crippen LogP contribution in [0.4, 0.5) is 4.39 Å². The van der Waals surface area contributed by atoms with Crippen LogP contribution in [0, 0.1) is 22.7 Å². The number of ketones is 2. The van der Waals surface area contributed by atoms with Crippen LogP contribution in [0.1, 0.15) is 53.9 Å². The molecule has 6 heteroatoms. The Bertz CT molecular complexity index is 953. The Morgan fingerprint density at radius 3 is 2.53 bits per heavy atom. The largest absolute Gasteiger partial charge is 0.364 e. The summed E-state index contributed by atoms with van der Waals surface area (Å²) in [4.78, 5) is 25.1. The van der Waals surface area contributed by atoms with Gasteiger partial charge in [0.05, 0.1) is 12.2 Å². The summed E-state index contributed by atoms with van der Waals surface area (Å²) in [6.07, 6.45) is 4.90. The number of epoxide rings is 1. The number of Topliss-reactive ketones (excluding diaryl/α,β-unsaturated/α-hetero) is 1. The fourth-order valence-corrected chi connectivity index (χ4v) is 8.38. The van der Waals surface area contributed by atoms with Crippen molar-refractivity contribution in [3.8, 4) is 0 Å². The highest BCUT2D eigenvalue weighted by Gasteiger charge is 2.85. The third kappa shape index (κ3) is 1.84. The lowest BCUT2D eigenvalue weighted by molar-refractivity contribution is -0.210. The number of rotatable bonds is 1. The van der Waals surface area contributed by atoms with E-state index >= 15 is 4.39 Å². The summed E-state index contributed by atoms with van der Waals surface area (Å²) in [7, 11) is 0. The molecule has 1 spiro atoms. The molecule has 0 bridgehead atoms. The van der Waals surface area contributed by atoms with Crippen molar-refractivity contribution in [3.05, 3.63) is 23.8 Å². The van der Waals surface area contributed by atoms with E-state index in [-0.39, 0.29) is 35.6 Å². The Balaban J connectivity index is 1.48. The minimum Gasteiger partial charge on any atom is -0.364 e. The SMILES string of the molecule is CC(=O)[C@@]12OC(C)(C)OC1C[C@H]1[C@@H]3CC(F)C4=CC(=O)C=C[C@]4(C)[C@@]34O[C@H]4C[C@@]12C. The summed E-state index contributed by atoms with van der Waals surface area (Å²) in [5, 5.41) is 0. The van der Waals surface area contributed by atoms with Crippen molar-refractivity contribution >= 4 is 11.6 Å². The minimum absolute atomic E-state index is 0.0150. The van der Waals surface area contributed by atoms with Crippen LogP contribution in [0.15, 0.2) is 23.8 Å². The first kappa shape index (κ1) is 19.3. The molecule has 30 heavy (non-hydrogen) atoms. The van der Waals surface area contributed by atoms with Crippen LogP contribution >= 0.6 is 0 Å². The standard InChI is InChI=1S/C24H29FO5/c1-12(26)23-18(28-20(2,3)30-23)10-14-15-9-17(25)16-8-13(27)6-7-21(16,4)24(15)19(29-24)11-22(14,23)5/h6-8,14-15,17-19H,9-11H2,1-5H3/t14-,15-,17?,18?,19-,21-,22-,23+,24+/m0/s1. The Hall–Kier alpha value is -1.37. The molecule has 2 heterocycles. The summed E-state index contributed by atoms with van der Waals surface area (Å²) in [6.45, 7) is 9.44. The van der Waals surface area contributed by atoms with Gasteiger partial charge in [-0.25, -0.2) is 4.39 Å². The average molecular weight is 416 g/mol. The molecule has 2 aliphatic heterocycles. The Morgan fingerprint density at radius 1 is 1.10 bits per heavy atom. The van der Waals surface area contributed by atoms with Crippen LogP contribution in [0.3, 0.4) is 0 Å². The summed E-state index contributed by atoms with van der Waals surface area (Å²) in [5.74, 6) is -1.02. The topological polar surface area (TPSA) is 65.1 Å². The molecule has 0 radical (unpaired) electrons. The molecule has 0 aromatic heterocycles. The van der Waals surface area contributed by atoms with Crippen molar-refractivity contribution in [1.82, 2.24) is 0 Å². The molecule has 0 amide bonds. The number of allylic oxidation sites excluding steroid dienone is 2. The van der Waals surface area contributed by atoms with Gasteiger partial charge in [0.2, 0.25) is 0 Å². The van der Waals surface area contributed by atoms with Crippen molar-refractivity contribution in [2.45, 2.75) is 89.2 Å². The number of carbonyl (C=O) groups is 2. The predicted octanol–water partition coefficient (Wildman–Crippen LogP) is 3.46. The summed E-state index contributed by atoms with van der Waals surface area (Å²) in [6, 6.07) is 0. The van der Waals surface area contributed by atoms with E-state index in [9.17, 15) is 9.59 Å². The lowest BCUT2D eigenvalue weighted by Gasteiger charge is -2.56. The molecule has 3 saturated carbocycles. The molecule has 5 fully saturated rings. The molecule has 6 aliphatic rings. The van der Waals surface area contributed by atoms with Crippen LogP contribution in [0.5, 0.6) is 0 Å². The van der Waals surface area contributed by atoms with Gasteiger partial charge in [-0.3, -0.25) is 9.59 Å². The van der Waals surface area contributed by atoms with Crippen LogP contribution in [0.2, 0.25) is 0 Å². The van der Waals surface area contributed by atoms with Crippen molar-refractivity contribution in [2.75, 3.05) is 0 Å². The van der Waals surface area contributed by atoms with E-state index in [1.54, 1.807) is 13.0 Å². The lowest BCUT2D eigenvalue weighted by Crippen LogP contribution is -2.63. The van der Waals surface area contributed by atoms with Gasteiger partial charge in [-0.05, 0) is 76.5 Å². The minimum atomic E-state index is -1.20. The number of fused-ring (bicyclic) bond motifs is 5. The van der Waals surface area contributed by atoms with Gasteiger partial charge in [-0.1, -0.05) is 13.0 Å². The number of halogens is 1. The van der Waals surface area contributed by atoms with Gasteiger partial charge >= 0.3 is 0 Å². The maximum atomic E-state index is 15.5. The number of ether oxygens (including phenoxy) is 3. The van der Waals surface area contributed by atoms with Gasteiger partial charge in [0.1, 0.15) is 11.8 Å². The van der Waals surface area contributed by atoms with Gasteiger partial charge in [0.25, 0.3) is 0 Å². The van der Waals surface area contributed by atoms with Gasteiger partial charge in [-0.2, -0.15) is 0 Å². The second-order valence-electron chi connectivity index (χ2n) is 11.1. The van der Waals surface area contributed by atoms with E-state index in [0.717, 1.165) is 0 Å². The van der Waals surface area contributed by atoms with Crippen molar-refractivity contribution < 1.29 is 28.2 Å². The molecule has 2 saturated heterocycles. The first-order chi connectivity index (χ1) is 13.9. The quantitative estimate of drug-likeness (QED) is 0.613. The van der Waals surface area contributed by atoms with Crippen molar-refractivity contribution in [3.63, 3.8) is 0 Å². The molecule has 2 unspecified atom stereocenters. The number of hydrogen-bond donors (Lipinski definition) is 0. The van der Waals surface area contributed by atoms with E-state index in [0.29, 0.717) is 24.8 Å². The van der Waals surface area contributed by atoms with Gasteiger partial charge in [0.15, 0.2) is 23.0 Å². The van der Waals surface area contributed by atoms with Crippen molar-refractivity contribution in [2.24, 2.45) is 22.7 Å². The lowest BCUT2D eigenvalue weighted by atomic mass is 9.46. The number of carbonyl (C=O) groups excluding carboxylic acids is 2. The third-order valence-corrected chi connectivity index (χ3v) is 9.44. The van der Waals surface area contributed by atoms with E-state index < -0.39 is 34.0 Å².